The predicted molar refractivity (Wildman–Crippen MR) is 82.5 cm³/mol. The van der Waals surface area contributed by atoms with E-state index in [2.05, 4.69) is 29.4 Å². The molecule has 1 heterocycles. The van der Waals surface area contributed by atoms with Crippen molar-refractivity contribution in [2.45, 2.75) is 57.5 Å². The average molecular weight is 314 g/mol. The highest BCUT2D eigenvalue weighted by Crippen LogP contribution is 2.34. The van der Waals surface area contributed by atoms with Gasteiger partial charge in [-0.3, -0.25) is 5.10 Å². The van der Waals surface area contributed by atoms with Crippen molar-refractivity contribution in [1.82, 2.24) is 19.8 Å². The van der Waals surface area contributed by atoms with E-state index in [1.807, 2.05) is 0 Å². The van der Waals surface area contributed by atoms with Crippen molar-refractivity contribution in [3.8, 4) is 0 Å². The fraction of sp³-hybridized carbons (Fsp3) is 0.786. The molecule has 0 saturated heterocycles. The van der Waals surface area contributed by atoms with Gasteiger partial charge in [-0.15, -0.1) is 0 Å². The Balaban J connectivity index is 2.32. The Morgan fingerprint density at radius 2 is 2.10 bits per heavy atom. The minimum Gasteiger partial charge on any atom is -0.314 e. The number of hydrogen-bond donors (Lipinski definition) is 2. The van der Waals surface area contributed by atoms with Crippen LogP contribution in [0.3, 0.4) is 0 Å². The van der Waals surface area contributed by atoms with Crippen molar-refractivity contribution in [1.29, 1.82) is 0 Å². The lowest BCUT2D eigenvalue weighted by Crippen LogP contribution is -2.35. The van der Waals surface area contributed by atoms with E-state index in [1.165, 1.54) is 0 Å². The van der Waals surface area contributed by atoms with Crippen LogP contribution >= 0.6 is 0 Å². The van der Waals surface area contributed by atoms with Crippen molar-refractivity contribution in [3.63, 3.8) is 0 Å². The molecule has 1 aliphatic carbocycles. The Kier molecular flexibility index (Phi) is 5.06. The highest BCUT2D eigenvalue weighted by molar-refractivity contribution is 7.89. The molecule has 2 rings (SSSR count). The van der Waals surface area contributed by atoms with E-state index in [4.69, 9.17) is 0 Å². The summed E-state index contributed by atoms with van der Waals surface area (Å²) in [4.78, 5) is 0.354. The van der Waals surface area contributed by atoms with Crippen LogP contribution in [-0.2, 0) is 16.6 Å². The smallest absolute Gasteiger partial charge is 0.247 e. The summed E-state index contributed by atoms with van der Waals surface area (Å²) < 4.78 is 27.8. The largest absolute Gasteiger partial charge is 0.314 e. The fourth-order valence-corrected chi connectivity index (χ4v) is 4.49. The summed E-state index contributed by atoms with van der Waals surface area (Å²) in [5.74, 6) is 0.490. The molecule has 0 atom stereocenters. The number of nitrogens with zero attached hydrogens (tertiary/aromatic N) is 2. The molecule has 120 valence electrons. The maximum absolute atomic E-state index is 13.0. The van der Waals surface area contributed by atoms with Crippen molar-refractivity contribution in [3.05, 3.63) is 11.4 Å². The Bertz CT molecular complexity index is 576. The lowest BCUT2D eigenvalue weighted by molar-refractivity contribution is 0.373. The zero-order valence-corrected chi connectivity index (χ0v) is 14.1. The predicted octanol–water partition coefficient (Wildman–Crippen LogP) is 1.64. The number of aromatic nitrogens is 2. The first-order valence-corrected chi connectivity index (χ1v) is 9.02. The third-order valence-electron chi connectivity index (χ3n) is 3.75. The third kappa shape index (κ3) is 3.64. The lowest BCUT2D eigenvalue weighted by atomic mass is 10.1. The van der Waals surface area contributed by atoms with Crippen LogP contribution in [0.4, 0.5) is 0 Å². The maximum atomic E-state index is 13.0. The summed E-state index contributed by atoms with van der Waals surface area (Å²) in [5.41, 5.74) is 1.20. The van der Waals surface area contributed by atoms with Crippen LogP contribution in [0.5, 0.6) is 0 Å². The molecule has 0 radical (unpaired) electrons. The van der Waals surface area contributed by atoms with Gasteiger partial charge >= 0.3 is 0 Å². The molecular formula is C14H26N4O2S. The molecule has 0 amide bonds. The first-order valence-electron chi connectivity index (χ1n) is 7.58. The number of aryl methyl sites for hydroxylation is 1. The Morgan fingerprint density at radius 1 is 1.43 bits per heavy atom. The van der Waals surface area contributed by atoms with Gasteiger partial charge in [0, 0.05) is 19.1 Å². The van der Waals surface area contributed by atoms with Gasteiger partial charge in [-0.05, 0) is 39.2 Å². The van der Waals surface area contributed by atoms with Crippen LogP contribution in [0, 0.1) is 12.8 Å². The van der Waals surface area contributed by atoms with Crippen molar-refractivity contribution >= 4 is 10.0 Å². The van der Waals surface area contributed by atoms with E-state index >= 15 is 0 Å². The standard InChI is InChI=1S/C14H26N4O2S/c1-10(2)7-8-18(12-5-6-12)21(19,20)14-11(3)16-17-13(14)9-15-4/h10,12,15H,5-9H2,1-4H3,(H,16,17). The summed E-state index contributed by atoms with van der Waals surface area (Å²) >= 11 is 0. The summed E-state index contributed by atoms with van der Waals surface area (Å²) in [5, 5.41) is 9.93. The van der Waals surface area contributed by atoms with Crippen LogP contribution in [0.25, 0.3) is 0 Å². The topological polar surface area (TPSA) is 78.1 Å². The minimum absolute atomic E-state index is 0.172. The van der Waals surface area contributed by atoms with E-state index in [0.717, 1.165) is 19.3 Å². The normalized spacial score (nSPS) is 16.1. The molecule has 2 N–H and O–H groups in total. The van der Waals surface area contributed by atoms with E-state index in [9.17, 15) is 8.42 Å². The number of aromatic amines is 1. The number of sulfonamides is 1. The maximum Gasteiger partial charge on any atom is 0.247 e. The molecule has 1 saturated carbocycles. The van der Waals surface area contributed by atoms with Gasteiger partial charge in [-0.25, -0.2) is 8.42 Å². The fourth-order valence-electron chi connectivity index (χ4n) is 2.46. The molecule has 1 aromatic heterocycles. The van der Waals surface area contributed by atoms with Gasteiger partial charge in [0.2, 0.25) is 10.0 Å². The molecule has 7 heteroatoms. The molecule has 21 heavy (non-hydrogen) atoms. The zero-order chi connectivity index (χ0) is 15.6. The third-order valence-corrected chi connectivity index (χ3v) is 5.91. The van der Waals surface area contributed by atoms with E-state index in [0.29, 0.717) is 35.3 Å². The van der Waals surface area contributed by atoms with Gasteiger partial charge in [0.1, 0.15) is 4.90 Å². The van der Waals surface area contributed by atoms with Gasteiger partial charge in [-0.2, -0.15) is 9.40 Å². The Labute approximate surface area is 127 Å². The molecule has 0 bridgehead atoms. The molecule has 0 spiro atoms. The average Bonchev–Trinajstić information content (AvgIpc) is 3.13. The molecule has 1 fully saturated rings. The molecule has 0 aliphatic heterocycles. The molecule has 1 aromatic rings. The van der Waals surface area contributed by atoms with Crippen LogP contribution < -0.4 is 5.32 Å². The summed E-state index contributed by atoms with van der Waals surface area (Å²) in [6.07, 6.45) is 2.82. The van der Waals surface area contributed by atoms with Crippen LogP contribution in [0.2, 0.25) is 0 Å². The number of nitrogens with one attached hydrogen (secondary N) is 2. The SMILES string of the molecule is CNCc1n[nH]c(C)c1S(=O)(=O)N(CCC(C)C)C1CC1. The summed E-state index contributed by atoms with van der Waals surface area (Å²) in [7, 11) is -1.68. The quantitative estimate of drug-likeness (QED) is 0.764. The second-order valence-electron chi connectivity index (χ2n) is 6.18. The zero-order valence-electron chi connectivity index (χ0n) is 13.3. The summed E-state index contributed by atoms with van der Waals surface area (Å²) in [6, 6.07) is 0.172. The van der Waals surface area contributed by atoms with Gasteiger partial charge in [-0.1, -0.05) is 13.8 Å². The molecule has 0 unspecified atom stereocenters. The van der Waals surface area contributed by atoms with Gasteiger partial charge in [0.25, 0.3) is 0 Å². The molecule has 0 aromatic carbocycles. The van der Waals surface area contributed by atoms with Crippen molar-refractivity contribution < 1.29 is 8.42 Å². The summed E-state index contributed by atoms with van der Waals surface area (Å²) in [6.45, 7) is 7.04. The molecule has 6 nitrogen and oxygen atoms in total. The van der Waals surface area contributed by atoms with Crippen molar-refractivity contribution in [2.75, 3.05) is 13.6 Å². The highest BCUT2D eigenvalue weighted by atomic mass is 32.2. The second-order valence-corrected chi connectivity index (χ2v) is 8.01. The van der Waals surface area contributed by atoms with Crippen LogP contribution in [0.15, 0.2) is 4.90 Å². The molecule has 1 aliphatic rings. The number of H-pyrrole nitrogens is 1. The lowest BCUT2D eigenvalue weighted by Gasteiger charge is -2.23. The van der Waals surface area contributed by atoms with E-state index in [-0.39, 0.29) is 6.04 Å². The first kappa shape index (κ1) is 16.5. The van der Waals surface area contributed by atoms with Gasteiger partial charge in [0.15, 0.2) is 0 Å². The number of hydrogen-bond acceptors (Lipinski definition) is 4. The second kappa shape index (κ2) is 6.46. The number of rotatable bonds is 8. The monoisotopic (exact) mass is 314 g/mol. The van der Waals surface area contributed by atoms with E-state index < -0.39 is 10.0 Å². The van der Waals surface area contributed by atoms with Gasteiger partial charge in [0.05, 0.1) is 11.4 Å². The van der Waals surface area contributed by atoms with Crippen molar-refractivity contribution in [2.24, 2.45) is 5.92 Å². The van der Waals surface area contributed by atoms with Crippen LogP contribution in [-0.4, -0.2) is 42.6 Å². The van der Waals surface area contributed by atoms with Gasteiger partial charge < -0.3 is 5.32 Å². The van der Waals surface area contributed by atoms with E-state index in [1.54, 1.807) is 18.3 Å². The Hall–Kier alpha value is -0.920. The minimum atomic E-state index is -3.47. The highest BCUT2D eigenvalue weighted by Gasteiger charge is 2.40. The van der Waals surface area contributed by atoms with Crippen LogP contribution in [0.1, 0.15) is 44.5 Å². The molecular weight excluding hydrogens is 288 g/mol. The first-order chi connectivity index (χ1) is 9.87. The Morgan fingerprint density at radius 3 is 2.62 bits per heavy atom.